The summed E-state index contributed by atoms with van der Waals surface area (Å²) in [6, 6.07) is 0.0178. The fourth-order valence-corrected chi connectivity index (χ4v) is 5.99. The molecule has 112 valence electrons. The Bertz CT molecular complexity index is 371. The molecule has 0 aromatic rings. The molecule has 5 saturated carbocycles. The van der Waals surface area contributed by atoms with Gasteiger partial charge in [-0.1, -0.05) is 12.8 Å². The third-order valence-electron chi connectivity index (χ3n) is 6.57. The number of hydrogen-bond donors (Lipinski definition) is 2. The number of carbonyl (C=O) groups is 1. The summed E-state index contributed by atoms with van der Waals surface area (Å²) >= 11 is 0. The third-order valence-corrected chi connectivity index (χ3v) is 6.57. The predicted molar refractivity (Wildman–Crippen MR) is 77.0 cm³/mol. The molecule has 0 radical (unpaired) electrons. The standard InChI is InChI=1S/C17H27NO2/c19-15-4-2-1-3-14(15)18-16(20)17-8-11-5-12(9-17)7-13(6-11)10-17/h11-15,19H,1-10H2,(H,18,20)/t11?,12?,13?,14-,15-,17?/m0/s1. The van der Waals surface area contributed by atoms with E-state index in [-0.39, 0.29) is 23.5 Å². The van der Waals surface area contributed by atoms with E-state index in [0.717, 1.165) is 62.7 Å². The van der Waals surface area contributed by atoms with Gasteiger partial charge < -0.3 is 10.4 Å². The maximum Gasteiger partial charge on any atom is 0.226 e. The van der Waals surface area contributed by atoms with Crippen LogP contribution in [0.25, 0.3) is 0 Å². The van der Waals surface area contributed by atoms with Gasteiger partial charge in [0.1, 0.15) is 0 Å². The summed E-state index contributed by atoms with van der Waals surface area (Å²) in [5.41, 5.74) is -0.0636. The monoisotopic (exact) mass is 277 g/mol. The summed E-state index contributed by atoms with van der Waals surface area (Å²) in [5, 5.41) is 13.3. The van der Waals surface area contributed by atoms with Gasteiger partial charge in [-0.3, -0.25) is 4.79 Å². The molecule has 5 rings (SSSR count). The molecule has 5 aliphatic rings. The lowest BCUT2D eigenvalue weighted by molar-refractivity contribution is -0.148. The predicted octanol–water partition coefficient (Wildman–Crippen LogP) is 2.62. The molecule has 2 atom stereocenters. The molecule has 20 heavy (non-hydrogen) atoms. The third kappa shape index (κ3) is 2.09. The lowest BCUT2D eigenvalue weighted by atomic mass is 9.49. The molecule has 0 heterocycles. The molecular formula is C17H27NO2. The summed E-state index contributed by atoms with van der Waals surface area (Å²) in [4.78, 5) is 12.9. The van der Waals surface area contributed by atoms with Crippen molar-refractivity contribution in [3.05, 3.63) is 0 Å². The molecule has 0 aromatic carbocycles. The smallest absolute Gasteiger partial charge is 0.226 e. The van der Waals surface area contributed by atoms with Gasteiger partial charge in [0.15, 0.2) is 0 Å². The number of amides is 1. The second kappa shape index (κ2) is 4.72. The number of aliphatic hydroxyl groups is 1. The van der Waals surface area contributed by atoms with Gasteiger partial charge in [0.25, 0.3) is 0 Å². The Kier molecular flexibility index (Phi) is 3.10. The van der Waals surface area contributed by atoms with Gasteiger partial charge in [-0.2, -0.15) is 0 Å². The summed E-state index contributed by atoms with van der Waals surface area (Å²) < 4.78 is 0. The van der Waals surface area contributed by atoms with Gasteiger partial charge in [-0.05, 0) is 69.1 Å². The van der Waals surface area contributed by atoms with Crippen molar-refractivity contribution in [2.75, 3.05) is 0 Å². The van der Waals surface area contributed by atoms with Crippen LogP contribution < -0.4 is 5.32 Å². The van der Waals surface area contributed by atoms with E-state index in [9.17, 15) is 9.90 Å². The number of nitrogens with one attached hydrogen (secondary N) is 1. The van der Waals surface area contributed by atoms with Crippen LogP contribution in [0.2, 0.25) is 0 Å². The Morgan fingerprint density at radius 3 is 2.05 bits per heavy atom. The molecule has 0 aliphatic heterocycles. The molecule has 0 saturated heterocycles. The highest BCUT2D eigenvalue weighted by Crippen LogP contribution is 2.60. The lowest BCUT2D eigenvalue weighted by Crippen LogP contribution is -2.57. The first-order valence-corrected chi connectivity index (χ1v) is 8.64. The number of carbonyl (C=O) groups excluding carboxylic acids is 1. The van der Waals surface area contributed by atoms with E-state index in [1.54, 1.807) is 0 Å². The fourth-order valence-electron chi connectivity index (χ4n) is 5.99. The Balaban J connectivity index is 1.48. The Morgan fingerprint density at radius 2 is 1.50 bits per heavy atom. The molecule has 0 unspecified atom stereocenters. The number of aliphatic hydroxyl groups excluding tert-OH is 1. The Morgan fingerprint density at radius 1 is 0.950 bits per heavy atom. The van der Waals surface area contributed by atoms with Gasteiger partial charge in [0.05, 0.1) is 12.1 Å². The van der Waals surface area contributed by atoms with Crippen LogP contribution >= 0.6 is 0 Å². The van der Waals surface area contributed by atoms with Crippen molar-refractivity contribution in [2.24, 2.45) is 23.2 Å². The zero-order valence-electron chi connectivity index (χ0n) is 12.3. The van der Waals surface area contributed by atoms with E-state index in [0.29, 0.717) is 0 Å². The van der Waals surface area contributed by atoms with Crippen LogP contribution in [0.5, 0.6) is 0 Å². The topological polar surface area (TPSA) is 49.3 Å². The summed E-state index contributed by atoms with van der Waals surface area (Å²) in [6.45, 7) is 0. The van der Waals surface area contributed by atoms with Crippen molar-refractivity contribution in [3.63, 3.8) is 0 Å². The highest BCUT2D eigenvalue weighted by atomic mass is 16.3. The number of rotatable bonds is 2. The second-order valence-corrected chi connectivity index (χ2v) is 8.13. The average molecular weight is 277 g/mol. The van der Waals surface area contributed by atoms with Crippen molar-refractivity contribution in [2.45, 2.75) is 76.4 Å². The van der Waals surface area contributed by atoms with E-state index in [1.165, 1.54) is 19.3 Å². The van der Waals surface area contributed by atoms with Crippen molar-refractivity contribution in [3.8, 4) is 0 Å². The zero-order valence-corrected chi connectivity index (χ0v) is 12.3. The van der Waals surface area contributed by atoms with Crippen molar-refractivity contribution in [1.29, 1.82) is 0 Å². The van der Waals surface area contributed by atoms with Crippen LogP contribution in [-0.2, 0) is 4.79 Å². The molecular weight excluding hydrogens is 250 g/mol. The van der Waals surface area contributed by atoms with Gasteiger partial charge in [-0.15, -0.1) is 0 Å². The SMILES string of the molecule is O=C(N[C@H]1CCCC[C@@H]1O)C12CC3CC(CC(C3)C1)C2. The molecule has 5 aliphatic carbocycles. The van der Waals surface area contributed by atoms with Gasteiger partial charge in [0.2, 0.25) is 5.91 Å². The van der Waals surface area contributed by atoms with Gasteiger partial charge >= 0.3 is 0 Å². The minimum absolute atomic E-state index is 0.0178. The highest BCUT2D eigenvalue weighted by molar-refractivity contribution is 5.83. The summed E-state index contributed by atoms with van der Waals surface area (Å²) in [6.07, 6.45) is 11.2. The minimum atomic E-state index is -0.318. The van der Waals surface area contributed by atoms with E-state index in [1.807, 2.05) is 0 Å². The van der Waals surface area contributed by atoms with Crippen LogP contribution in [0.1, 0.15) is 64.2 Å². The molecule has 2 N–H and O–H groups in total. The maximum atomic E-state index is 12.9. The first-order valence-electron chi connectivity index (χ1n) is 8.64. The normalized spacial score (nSPS) is 50.1. The molecule has 0 aromatic heterocycles. The summed E-state index contributed by atoms with van der Waals surface area (Å²) in [7, 11) is 0. The molecule has 1 amide bonds. The van der Waals surface area contributed by atoms with Crippen molar-refractivity contribution >= 4 is 5.91 Å². The first-order chi connectivity index (χ1) is 9.64. The van der Waals surface area contributed by atoms with Crippen LogP contribution in [0.3, 0.4) is 0 Å². The highest BCUT2D eigenvalue weighted by Gasteiger charge is 2.54. The summed E-state index contributed by atoms with van der Waals surface area (Å²) in [5.74, 6) is 2.71. The molecule has 3 heteroatoms. The molecule has 3 nitrogen and oxygen atoms in total. The minimum Gasteiger partial charge on any atom is -0.391 e. The molecule has 4 bridgehead atoms. The Hall–Kier alpha value is -0.570. The van der Waals surface area contributed by atoms with Crippen LogP contribution in [0, 0.1) is 23.2 Å². The van der Waals surface area contributed by atoms with E-state index in [2.05, 4.69) is 5.32 Å². The van der Waals surface area contributed by atoms with E-state index >= 15 is 0 Å². The van der Waals surface area contributed by atoms with Crippen molar-refractivity contribution < 1.29 is 9.90 Å². The van der Waals surface area contributed by atoms with Gasteiger partial charge in [-0.25, -0.2) is 0 Å². The van der Waals surface area contributed by atoms with Crippen LogP contribution in [-0.4, -0.2) is 23.2 Å². The average Bonchev–Trinajstić information content (AvgIpc) is 2.40. The van der Waals surface area contributed by atoms with E-state index < -0.39 is 0 Å². The second-order valence-electron chi connectivity index (χ2n) is 8.13. The van der Waals surface area contributed by atoms with Crippen molar-refractivity contribution in [1.82, 2.24) is 5.32 Å². The fraction of sp³-hybridized carbons (Fsp3) is 0.941. The van der Waals surface area contributed by atoms with E-state index in [4.69, 9.17) is 0 Å². The largest absolute Gasteiger partial charge is 0.391 e. The lowest BCUT2D eigenvalue weighted by Gasteiger charge is -2.56. The first kappa shape index (κ1) is 13.1. The molecule has 0 spiro atoms. The molecule has 5 fully saturated rings. The Labute approximate surface area is 121 Å². The van der Waals surface area contributed by atoms with Crippen LogP contribution in [0.4, 0.5) is 0 Å². The number of hydrogen-bond acceptors (Lipinski definition) is 2. The zero-order chi connectivity index (χ0) is 13.7. The quantitative estimate of drug-likeness (QED) is 0.815. The van der Waals surface area contributed by atoms with Gasteiger partial charge in [0, 0.05) is 5.41 Å². The maximum absolute atomic E-state index is 12.9. The van der Waals surface area contributed by atoms with Crippen LogP contribution in [0.15, 0.2) is 0 Å².